The van der Waals surface area contributed by atoms with E-state index in [1.54, 1.807) is 24.3 Å². The minimum absolute atomic E-state index is 0.102. The Balaban J connectivity index is 1.73. The fourth-order valence-corrected chi connectivity index (χ4v) is 4.18. The van der Waals surface area contributed by atoms with Crippen molar-refractivity contribution in [2.45, 2.75) is 23.8 Å². The second kappa shape index (κ2) is 6.50. The monoisotopic (exact) mass is 317 g/mol. The lowest BCUT2D eigenvalue weighted by Crippen LogP contribution is -2.44. The Kier molecular flexibility index (Phi) is 4.45. The van der Waals surface area contributed by atoms with Crippen LogP contribution in [0.3, 0.4) is 0 Å². The fraction of sp³-hybridized carbons (Fsp3) is 0.294. The van der Waals surface area contributed by atoms with Crippen molar-refractivity contribution < 1.29 is 13.2 Å². The zero-order valence-corrected chi connectivity index (χ0v) is 13.1. The quantitative estimate of drug-likeness (QED) is 0.871. The number of nitrogens with zero attached hydrogens (tertiary/aromatic N) is 1. The van der Waals surface area contributed by atoms with Gasteiger partial charge in [0, 0.05) is 6.54 Å². The van der Waals surface area contributed by atoms with Gasteiger partial charge < -0.3 is 4.74 Å². The first-order valence-corrected chi connectivity index (χ1v) is 8.87. The van der Waals surface area contributed by atoms with Crippen LogP contribution in [0, 0.1) is 0 Å². The molecule has 22 heavy (non-hydrogen) atoms. The van der Waals surface area contributed by atoms with E-state index < -0.39 is 10.0 Å². The number of rotatable bonds is 4. The van der Waals surface area contributed by atoms with E-state index in [9.17, 15) is 8.42 Å². The molecule has 1 fully saturated rings. The van der Waals surface area contributed by atoms with E-state index in [0.29, 0.717) is 18.0 Å². The van der Waals surface area contributed by atoms with E-state index in [0.717, 1.165) is 18.6 Å². The highest BCUT2D eigenvalue weighted by atomic mass is 32.2. The molecule has 1 unspecified atom stereocenters. The van der Waals surface area contributed by atoms with Crippen molar-refractivity contribution >= 4 is 10.0 Å². The van der Waals surface area contributed by atoms with Gasteiger partial charge in [0.05, 0.1) is 11.4 Å². The van der Waals surface area contributed by atoms with Crippen LogP contribution in [-0.4, -0.2) is 31.9 Å². The van der Waals surface area contributed by atoms with Crippen LogP contribution in [-0.2, 0) is 10.0 Å². The van der Waals surface area contributed by atoms with Crippen molar-refractivity contribution in [3.05, 3.63) is 60.7 Å². The molecule has 4 nitrogen and oxygen atoms in total. The summed E-state index contributed by atoms with van der Waals surface area (Å²) in [6.07, 6.45) is 1.58. The van der Waals surface area contributed by atoms with Gasteiger partial charge in [0.15, 0.2) is 0 Å². The molecule has 0 spiro atoms. The summed E-state index contributed by atoms with van der Waals surface area (Å²) in [6.45, 7) is 0.942. The number of para-hydroxylation sites is 1. The zero-order chi connectivity index (χ0) is 15.4. The summed E-state index contributed by atoms with van der Waals surface area (Å²) in [5.74, 6) is 0.784. The maximum atomic E-state index is 12.7. The summed E-state index contributed by atoms with van der Waals surface area (Å²) >= 11 is 0. The number of sulfonamides is 1. The van der Waals surface area contributed by atoms with E-state index in [1.807, 2.05) is 36.4 Å². The van der Waals surface area contributed by atoms with Gasteiger partial charge in [-0.15, -0.1) is 0 Å². The third-order valence-corrected chi connectivity index (χ3v) is 5.65. The molecule has 0 aromatic heterocycles. The molecule has 0 bridgehead atoms. The SMILES string of the molecule is O=S(=O)(c1ccccc1)N1CCCC(Oc2ccccc2)C1. The summed E-state index contributed by atoms with van der Waals surface area (Å²) < 4.78 is 32.7. The molecule has 2 aromatic rings. The molecule has 1 saturated heterocycles. The minimum atomic E-state index is -3.43. The summed E-state index contributed by atoms with van der Waals surface area (Å²) in [4.78, 5) is 0.343. The average Bonchev–Trinajstić information content (AvgIpc) is 2.57. The molecule has 1 atom stereocenters. The molecule has 3 rings (SSSR count). The van der Waals surface area contributed by atoms with Crippen LogP contribution < -0.4 is 4.74 Å². The van der Waals surface area contributed by atoms with Crippen molar-refractivity contribution in [1.29, 1.82) is 0 Å². The Bertz CT molecular complexity index is 701. The minimum Gasteiger partial charge on any atom is -0.489 e. The highest BCUT2D eigenvalue weighted by Crippen LogP contribution is 2.23. The van der Waals surface area contributed by atoms with Crippen LogP contribution in [0.25, 0.3) is 0 Å². The second-order valence-corrected chi connectivity index (χ2v) is 7.31. The van der Waals surface area contributed by atoms with Gasteiger partial charge in [0.25, 0.3) is 0 Å². The van der Waals surface area contributed by atoms with Gasteiger partial charge in [-0.05, 0) is 37.1 Å². The lowest BCUT2D eigenvalue weighted by atomic mass is 10.1. The zero-order valence-electron chi connectivity index (χ0n) is 12.3. The van der Waals surface area contributed by atoms with Gasteiger partial charge in [-0.1, -0.05) is 36.4 Å². The highest BCUT2D eigenvalue weighted by molar-refractivity contribution is 7.89. The topological polar surface area (TPSA) is 46.6 Å². The number of benzene rings is 2. The van der Waals surface area contributed by atoms with E-state index in [-0.39, 0.29) is 6.10 Å². The van der Waals surface area contributed by atoms with E-state index >= 15 is 0 Å². The maximum absolute atomic E-state index is 12.7. The smallest absolute Gasteiger partial charge is 0.243 e. The standard InChI is InChI=1S/C17H19NO3S/c19-22(20,17-11-5-2-6-12-17)18-13-7-10-16(14-18)21-15-8-3-1-4-9-15/h1-6,8-9,11-12,16H,7,10,13-14H2. The summed E-state index contributed by atoms with van der Waals surface area (Å²) in [5.41, 5.74) is 0. The molecule has 2 aromatic carbocycles. The van der Waals surface area contributed by atoms with Crippen LogP contribution in [0.1, 0.15) is 12.8 Å². The van der Waals surface area contributed by atoms with Gasteiger partial charge in [0.1, 0.15) is 11.9 Å². The van der Waals surface area contributed by atoms with Gasteiger partial charge in [-0.3, -0.25) is 0 Å². The Morgan fingerprint density at radius 1 is 0.955 bits per heavy atom. The number of hydrogen-bond donors (Lipinski definition) is 0. The largest absolute Gasteiger partial charge is 0.489 e. The van der Waals surface area contributed by atoms with Crippen molar-refractivity contribution in [3.63, 3.8) is 0 Å². The van der Waals surface area contributed by atoms with Crippen molar-refractivity contribution in [2.75, 3.05) is 13.1 Å². The first-order chi connectivity index (χ1) is 10.7. The Morgan fingerprint density at radius 3 is 2.27 bits per heavy atom. The predicted molar refractivity (Wildman–Crippen MR) is 85.3 cm³/mol. The van der Waals surface area contributed by atoms with Gasteiger partial charge in [0.2, 0.25) is 10.0 Å². The third kappa shape index (κ3) is 3.31. The molecule has 0 aliphatic carbocycles. The number of piperidine rings is 1. The van der Waals surface area contributed by atoms with Crippen LogP contribution in [0.2, 0.25) is 0 Å². The molecule has 0 amide bonds. The first-order valence-electron chi connectivity index (χ1n) is 7.43. The summed E-state index contributed by atoms with van der Waals surface area (Å²) in [5, 5.41) is 0. The van der Waals surface area contributed by atoms with Gasteiger partial charge in [-0.25, -0.2) is 8.42 Å². The molecule has 5 heteroatoms. The highest BCUT2D eigenvalue weighted by Gasteiger charge is 2.30. The number of hydrogen-bond acceptors (Lipinski definition) is 3. The maximum Gasteiger partial charge on any atom is 0.243 e. The second-order valence-electron chi connectivity index (χ2n) is 5.37. The van der Waals surface area contributed by atoms with E-state index in [4.69, 9.17) is 4.74 Å². The predicted octanol–water partition coefficient (Wildman–Crippen LogP) is 2.92. The molecule has 1 aliphatic heterocycles. The van der Waals surface area contributed by atoms with Crippen LogP contribution in [0.4, 0.5) is 0 Å². The molecular weight excluding hydrogens is 298 g/mol. The van der Waals surface area contributed by atoms with E-state index in [1.165, 1.54) is 4.31 Å². The van der Waals surface area contributed by atoms with Crippen LogP contribution in [0.15, 0.2) is 65.6 Å². The fourth-order valence-electron chi connectivity index (χ4n) is 2.65. The lowest BCUT2D eigenvalue weighted by Gasteiger charge is -2.32. The Labute approximate surface area is 131 Å². The van der Waals surface area contributed by atoms with Crippen molar-refractivity contribution in [1.82, 2.24) is 4.31 Å². The molecule has 1 heterocycles. The first kappa shape index (κ1) is 15.1. The van der Waals surface area contributed by atoms with Gasteiger partial charge >= 0.3 is 0 Å². The van der Waals surface area contributed by atoms with E-state index in [2.05, 4.69) is 0 Å². The summed E-state index contributed by atoms with van der Waals surface area (Å²) in [6, 6.07) is 18.1. The molecule has 116 valence electrons. The molecular formula is C17H19NO3S. The molecule has 0 radical (unpaired) electrons. The Morgan fingerprint density at radius 2 is 1.59 bits per heavy atom. The molecule has 1 aliphatic rings. The number of ether oxygens (including phenoxy) is 1. The van der Waals surface area contributed by atoms with Crippen LogP contribution in [0.5, 0.6) is 5.75 Å². The molecule has 0 N–H and O–H groups in total. The third-order valence-electron chi connectivity index (χ3n) is 3.77. The van der Waals surface area contributed by atoms with Crippen molar-refractivity contribution in [3.8, 4) is 5.75 Å². The lowest BCUT2D eigenvalue weighted by molar-refractivity contribution is 0.130. The summed E-state index contributed by atoms with van der Waals surface area (Å²) in [7, 11) is -3.43. The average molecular weight is 317 g/mol. The van der Waals surface area contributed by atoms with Crippen LogP contribution >= 0.6 is 0 Å². The normalized spacial score (nSPS) is 19.7. The van der Waals surface area contributed by atoms with Crippen molar-refractivity contribution in [2.24, 2.45) is 0 Å². The Hall–Kier alpha value is -1.85. The molecule has 0 saturated carbocycles. The van der Waals surface area contributed by atoms with Gasteiger partial charge in [-0.2, -0.15) is 4.31 Å².